The molecule has 5 heteroatoms. The Morgan fingerprint density at radius 2 is 2.08 bits per heavy atom. The van der Waals surface area contributed by atoms with E-state index in [-0.39, 0.29) is 12.1 Å². The van der Waals surface area contributed by atoms with E-state index in [1.165, 1.54) is 5.56 Å². The summed E-state index contributed by atoms with van der Waals surface area (Å²) in [5.41, 5.74) is 2.71. The average molecular weight is 327 g/mol. The first-order valence-corrected chi connectivity index (χ1v) is 8.40. The first-order valence-electron chi connectivity index (χ1n) is 8.40. The molecule has 0 aliphatic carbocycles. The topological polar surface area (TPSA) is 54.5 Å². The van der Waals surface area contributed by atoms with E-state index < -0.39 is 5.60 Å². The molecule has 1 saturated heterocycles. The van der Waals surface area contributed by atoms with Crippen LogP contribution in [0.5, 0.6) is 0 Å². The lowest BCUT2D eigenvalue weighted by Gasteiger charge is -2.35. The van der Waals surface area contributed by atoms with Crippen LogP contribution in [0.25, 0.3) is 10.9 Å². The number of benzene rings is 1. The van der Waals surface area contributed by atoms with Crippen LogP contribution in [0.3, 0.4) is 0 Å². The minimum absolute atomic E-state index is 0.108. The maximum absolute atomic E-state index is 12.3. The summed E-state index contributed by atoms with van der Waals surface area (Å²) in [5.74, 6) is 0. The first-order chi connectivity index (χ1) is 11.3. The highest BCUT2D eigenvalue weighted by atomic mass is 16.6. The van der Waals surface area contributed by atoms with Gasteiger partial charge in [-0.3, -0.25) is 4.98 Å². The molecule has 1 aliphatic rings. The number of fused-ring (bicyclic) bond motifs is 1. The molecule has 2 aromatic rings. The number of pyridine rings is 1. The van der Waals surface area contributed by atoms with Crippen LogP contribution < -0.4 is 5.32 Å². The molecule has 0 spiro atoms. The summed E-state index contributed by atoms with van der Waals surface area (Å²) >= 11 is 0. The van der Waals surface area contributed by atoms with Gasteiger partial charge in [-0.25, -0.2) is 4.79 Å². The highest BCUT2D eigenvalue weighted by Crippen LogP contribution is 2.23. The highest BCUT2D eigenvalue weighted by Gasteiger charge is 2.28. The van der Waals surface area contributed by atoms with Crippen molar-refractivity contribution in [3.63, 3.8) is 0 Å². The van der Waals surface area contributed by atoms with E-state index in [2.05, 4.69) is 28.5 Å². The second kappa shape index (κ2) is 6.40. The van der Waals surface area contributed by atoms with E-state index in [1.807, 2.05) is 39.8 Å². The van der Waals surface area contributed by atoms with Gasteiger partial charge in [-0.1, -0.05) is 12.1 Å². The number of nitrogens with zero attached hydrogens (tertiary/aromatic N) is 2. The quantitative estimate of drug-likeness (QED) is 0.872. The summed E-state index contributed by atoms with van der Waals surface area (Å²) in [5, 5.41) is 4.61. The van der Waals surface area contributed by atoms with Crippen molar-refractivity contribution in [3.05, 3.63) is 41.6 Å². The fraction of sp³-hybridized carbons (Fsp3) is 0.474. The predicted molar refractivity (Wildman–Crippen MR) is 95.0 cm³/mol. The third-order valence-electron chi connectivity index (χ3n) is 4.08. The fourth-order valence-corrected chi connectivity index (χ4v) is 2.93. The first kappa shape index (κ1) is 16.7. The van der Waals surface area contributed by atoms with Gasteiger partial charge < -0.3 is 15.0 Å². The summed E-state index contributed by atoms with van der Waals surface area (Å²) in [4.78, 5) is 18.6. The number of aromatic nitrogens is 1. The van der Waals surface area contributed by atoms with Gasteiger partial charge in [0.2, 0.25) is 0 Å². The van der Waals surface area contributed by atoms with Crippen molar-refractivity contribution < 1.29 is 9.53 Å². The van der Waals surface area contributed by atoms with Crippen molar-refractivity contribution in [2.45, 2.75) is 39.3 Å². The van der Waals surface area contributed by atoms with Crippen molar-refractivity contribution in [2.24, 2.45) is 0 Å². The van der Waals surface area contributed by atoms with Crippen molar-refractivity contribution in [1.29, 1.82) is 0 Å². The fourth-order valence-electron chi connectivity index (χ4n) is 2.93. The lowest BCUT2D eigenvalue weighted by atomic mass is 10.0. The van der Waals surface area contributed by atoms with Crippen LogP contribution in [0, 0.1) is 6.92 Å². The zero-order valence-electron chi connectivity index (χ0n) is 14.8. The smallest absolute Gasteiger partial charge is 0.410 e. The van der Waals surface area contributed by atoms with Crippen LogP contribution in [-0.2, 0) is 4.74 Å². The van der Waals surface area contributed by atoms with Gasteiger partial charge in [-0.05, 0) is 51.5 Å². The molecule has 1 aromatic carbocycles. The van der Waals surface area contributed by atoms with Gasteiger partial charge in [-0.15, -0.1) is 0 Å². The second-order valence-electron chi connectivity index (χ2n) is 7.34. The molecule has 1 amide bonds. The number of hydrogen-bond donors (Lipinski definition) is 1. The minimum Gasteiger partial charge on any atom is -0.444 e. The van der Waals surface area contributed by atoms with Gasteiger partial charge >= 0.3 is 6.09 Å². The minimum atomic E-state index is -0.468. The zero-order chi connectivity index (χ0) is 17.3. The monoisotopic (exact) mass is 327 g/mol. The zero-order valence-corrected chi connectivity index (χ0v) is 14.8. The van der Waals surface area contributed by atoms with E-state index in [0.717, 1.165) is 23.1 Å². The van der Waals surface area contributed by atoms with Crippen molar-refractivity contribution in [3.8, 4) is 0 Å². The highest BCUT2D eigenvalue weighted by molar-refractivity contribution is 5.79. The normalized spacial score (nSPS) is 18.7. The van der Waals surface area contributed by atoms with Gasteiger partial charge in [0.25, 0.3) is 0 Å². The van der Waals surface area contributed by atoms with Gasteiger partial charge in [0, 0.05) is 30.7 Å². The predicted octanol–water partition coefficient (Wildman–Crippen LogP) is 3.42. The number of aryl methyl sites for hydroxylation is 1. The number of carbonyl (C=O) groups excluding carboxylic acids is 1. The Kier molecular flexibility index (Phi) is 4.45. The van der Waals surface area contributed by atoms with E-state index in [0.29, 0.717) is 13.1 Å². The average Bonchev–Trinajstić information content (AvgIpc) is 2.53. The molecular formula is C19H25N3O2. The molecule has 2 heterocycles. The van der Waals surface area contributed by atoms with E-state index in [1.54, 1.807) is 4.90 Å². The standard InChI is InChI=1S/C19H25N3O2/c1-13-5-6-14-11-15(7-8-16(14)21-13)17-12-22(10-9-20-17)18(23)24-19(2,3)4/h5-8,11,17,20H,9-10,12H2,1-4H3. The Labute approximate surface area is 143 Å². The molecule has 1 unspecified atom stereocenters. The molecule has 128 valence electrons. The molecule has 0 bridgehead atoms. The lowest BCUT2D eigenvalue weighted by molar-refractivity contribution is 0.0195. The van der Waals surface area contributed by atoms with Gasteiger partial charge in [0.15, 0.2) is 0 Å². The number of nitrogens with one attached hydrogen (secondary N) is 1. The Balaban J connectivity index is 1.77. The maximum Gasteiger partial charge on any atom is 0.410 e. The van der Waals surface area contributed by atoms with Crippen LogP contribution in [0.15, 0.2) is 30.3 Å². The largest absolute Gasteiger partial charge is 0.444 e. The SMILES string of the molecule is Cc1ccc2cc(C3CN(C(=O)OC(C)(C)C)CCN3)ccc2n1. The molecule has 1 N–H and O–H groups in total. The molecule has 0 saturated carbocycles. The number of amides is 1. The van der Waals surface area contributed by atoms with Crippen molar-refractivity contribution in [2.75, 3.05) is 19.6 Å². The van der Waals surface area contributed by atoms with Crippen LogP contribution in [0.4, 0.5) is 4.79 Å². The third-order valence-corrected chi connectivity index (χ3v) is 4.08. The molecule has 1 aromatic heterocycles. The Hall–Kier alpha value is -2.14. The van der Waals surface area contributed by atoms with Gasteiger partial charge in [0.05, 0.1) is 11.6 Å². The molecule has 1 fully saturated rings. The van der Waals surface area contributed by atoms with Crippen molar-refractivity contribution >= 4 is 17.0 Å². The Bertz CT molecular complexity index is 752. The van der Waals surface area contributed by atoms with E-state index >= 15 is 0 Å². The Morgan fingerprint density at radius 3 is 2.83 bits per heavy atom. The van der Waals surface area contributed by atoms with Crippen LogP contribution in [0.1, 0.15) is 38.1 Å². The lowest BCUT2D eigenvalue weighted by Crippen LogP contribution is -2.49. The Morgan fingerprint density at radius 1 is 1.29 bits per heavy atom. The van der Waals surface area contributed by atoms with Crippen LogP contribution in [0.2, 0.25) is 0 Å². The molecule has 3 rings (SSSR count). The molecular weight excluding hydrogens is 302 g/mol. The molecule has 1 aliphatic heterocycles. The van der Waals surface area contributed by atoms with E-state index in [9.17, 15) is 4.79 Å². The second-order valence-corrected chi connectivity index (χ2v) is 7.34. The number of rotatable bonds is 1. The summed E-state index contributed by atoms with van der Waals surface area (Å²) in [7, 11) is 0. The number of carbonyl (C=O) groups is 1. The molecule has 5 nitrogen and oxygen atoms in total. The van der Waals surface area contributed by atoms with Crippen LogP contribution >= 0.6 is 0 Å². The molecule has 0 radical (unpaired) electrons. The summed E-state index contributed by atoms with van der Waals surface area (Å²) in [6.07, 6.45) is -0.243. The van der Waals surface area contributed by atoms with Crippen LogP contribution in [-0.4, -0.2) is 41.2 Å². The molecule has 24 heavy (non-hydrogen) atoms. The number of piperazine rings is 1. The van der Waals surface area contributed by atoms with Crippen molar-refractivity contribution in [1.82, 2.24) is 15.2 Å². The van der Waals surface area contributed by atoms with E-state index in [4.69, 9.17) is 4.74 Å². The van der Waals surface area contributed by atoms with Gasteiger partial charge in [-0.2, -0.15) is 0 Å². The molecule has 1 atom stereocenters. The summed E-state index contributed by atoms with van der Waals surface area (Å²) < 4.78 is 5.49. The summed E-state index contributed by atoms with van der Waals surface area (Å²) in [6.45, 7) is 9.71. The maximum atomic E-state index is 12.3. The number of hydrogen-bond acceptors (Lipinski definition) is 4. The number of ether oxygens (including phenoxy) is 1. The van der Waals surface area contributed by atoms with Gasteiger partial charge in [0.1, 0.15) is 5.60 Å². The third kappa shape index (κ3) is 3.85. The summed E-state index contributed by atoms with van der Waals surface area (Å²) in [6, 6.07) is 10.5.